The van der Waals surface area contributed by atoms with E-state index in [-0.39, 0.29) is 17.1 Å². The Morgan fingerprint density at radius 2 is 0.190 bits per heavy atom. The molecule has 0 N–H and O–H groups in total. The van der Waals surface area contributed by atoms with Crippen molar-refractivity contribution in [1.82, 2.24) is 0 Å². The van der Waals surface area contributed by atoms with Crippen LogP contribution in [0.4, 0.5) is 0 Å². The number of carbonyl (C=O) groups is 10. The molecule has 0 saturated carbocycles. The first kappa shape index (κ1) is 104. The van der Waals surface area contributed by atoms with Gasteiger partial charge in [-0.25, -0.2) is 0 Å². The van der Waals surface area contributed by atoms with Gasteiger partial charge in [0.15, 0.2) is 0 Å². The second kappa shape index (κ2) is 586. The van der Waals surface area contributed by atoms with Crippen LogP contribution in [0, 0.1) is 0 Å². The molecule has 10 nitrogen and oxygen atoms in total. The molecule has 0 aliphatic heterocycles. The van der Waals surface area contributed by atoms with Crippen LogP contribution in [0.25, 0.3) is 0 Å². The van der Waals surface area contributed by atoms with Crippen molar-refractivity contribution in [3.05, 3.63) is 0 Å². The molecule has 0 aromatic rings. The van der Waals surface area contributed by atoms with Gasteiger partial charge in [-0.05, 0) is 0 Å². The molecule has 0 heterocycles. The molecular weight excluding hydrogens is 335 g/mol. The van der Waals surface area contributed by atoms with Crippen molar-refractivity contribution in [1.29, 1.82) is 0 Å². The summed E-state index contributed by atoms with van der Waals surface area (Å²) in [5.41, 5.74) is 0. The number of rotatable bonds is 0. The summed E-state index contributed by atoms with van der Waals surface area (Å²) in [7, 11) is 0. The predicted octanol–water partition coefficient (Wildman–Crippen LogP) is -1.85. The van der Waals surface area contributed by atoms with Crippen LogP contribution in [0.5, 0.6) is 0 Å². The molecule has 0 aliphatic carbocycles. The van der Waals surface area contributed by atoms with Crippen LogP contribution in [0.2, 0.25) is 0 Å². The quantitative estimate of drug-likeness (QED) is 0.449. The standard InChI is InChI=1S/10CH2O.Mn/c10*1-2;/h10*1H2;. The maximum absolute atomic E-state index is 8.00. The van der Waals surface area contributed by atoms with E-state index in [2.05, 4.69) is 0 Å². The number of carbonyl (C=O) groups excluding carboxylic acids is 10. The van der Waals surface area contributed by atoms with Gasteiger partial charge < -0.3 is 47.9 Å². The first-order chi connectivity index (χ1) is 10.0. The van der Waals surface area contributed by atoms with Gasteiger partial charge in [0, 0.05) is 17.1 Å². The maximum Gasteiger partial charge on any atom is 0.106 e. The third-order valence-corrected chi connectivity index (χ3v) is 0. The van der Waals surface area contributed by atoms with E-state index in [0.29, 0.717) is 0 Å². The summed E-state index contributed by atoms with van der Waals surface area (Å²) in [5.74, 6) is 0. The van der Waals surface area contributed by atoms with Crippen LogP contribution < -0.4 is 0 Å². The van der Waals surface area contributed by atoms with Gasteiger partial charge in [-0.3, -0.25) is 0 Å². The Morgan fingerprint density at radius 1 is 0.190 bits per heavy atom. The van der Waals surface area contributed by atoms with Gasteiger partial charge in [-0.15, -0.1) is 0 Å². The first-order valence-electron chi connectivity index (χ1n) is 2.89. The summed E-state index contributed by atoms with van der Waals surface area (Å²) < 4.78 is 0. The Hall–Kier alpha value is -2.78. The maximum atomic E-state index is 8.00. The van der Waals surface area contributed by atoms with Crippen molar-refractivity contribution < 1.29 is 65.0 Å². The van der Waals surface area contributed by atoms with Gasteiger partial charge in [0.1, 0.15) is 67.9 Å². The fraction of sp³-hybridized carbons (Fsp3) is 0. The van der Waals surface area contributed by atoms with Crippen molar-refractivity contribution in [3.8, 4) is 0 Å². The molecule has 0 spiro atoms. The Morgan fingerprint density at radius 3 is 0.190 bits per heavy atom. The van der Waals surface area contributed by atoms with Crippen molar-refractivity contribution in [2.45, 2.75) is 0 Å². The predicted molar refractivity (Wildman–Crippen MR) is 71.2 cm³/mol. The van der Waals surface area contributed by atoms with E-state index in [1.165, 1.54) is 0 Å². The van der Waals surface area contributed by atoms with Gasteiger partial charge >= 0.3 is 0 Å². The van der Waals surface area contributed by atoms with E-state index < -0.39 is 0 Å². The minimum atomic E-state index is 0. The largest absolute Gasteiger partial charge is 0.307 e. The fourth-order valence-electron chi connectivity index (χ4n) is 0. The average Bonchev–Trinajstić information content (AvgIpc) is 2.71. The summed E-state index contributed by atoms with van der Waals surface area (Å²) in [4.78, 5) is 80.0. The van der Waals surface area contributed by atoms with Gasteiger partial charge in [0.25, 0.3) is 0 Å². The number of hydrogen-bond acceptors (Lipinski definition) is 10. The SMILES string of the molecule is C=O.C=O.C=O.C=O.C=O.C=O.C=O.C=O.C=O.C=O.[Mn]. The van der Waals surface area contributed by atoms with E-state index in [9.17, 15) is 0 Å². The summed E-state index contributed by atoms with van der Waals surface area (Å²) in [6.07, 6.45) is 0. The van der Waals surface area contributed by atoms with Crippen LogP contribution in [-0.2, 0) is 65.0 Å². The van der Waals surface area contributed by atoms with Crippen molar-refractivity contribution >= 4 is 67.9 Å². The molecule has 0 rings (SSSR count). The van der Waals surface area contributed by atoms with Crippen LogP contribution in [-0.4, -0.2) is 67.9 Å². The normalized spacial score (nSPS) is 1.90. The Bertz CT molecular complexity index is 59.0. The fourth-order valence-corrected chi connectivity index (χ4v) is 0. The van der Waals surface area contributed by atoms with E-state index in [1.807, 2.05) is 67.9 Å². The smallest absolute Gasteiger partial charge is 0.106 e. The number of hydrogen-bond donors (Lipinski definition) is 0. The molecule has 127 valence electrons. The summed E-state index contributed by atoms with van der Waals surface area (Å²) in [6.45, 7) is 20.0. The molecule has 0 aromatic heterocycles. The molecule has 0 saturated heterocycles. The molecule has 11 heteroatoms. The summed E-state index contributed by atoms with van der Waals surface area (Å²) in [5, 5.41) is 0. The van der Waals surface area contributed by atoms with E-state index >= 15 is 0 Å². The molecule has 21 heavy (non-hydrogen) atoms. The molecule has 0 aromatic carbocycles. The summed E-state index contributed by atoms with van der Waals surface area (Å²) >= 11 is 0. The van der Waals surface area contributed by atoms with E-state index in [4.69, 9.17) is 47.9 Å². The molecular formula is C10H20MnO10. The van der Waals surface area contributed by atoms with Crippen molar-refractivity contribution in [2.75, 3.05) is 0 Å². The second-order valence-corrected chi connectivity index (χ2v) is 0. The van der Waals surface area contributed by atoms with E-state index in [0.717, 1.165) is 0 Å². The molecule has 0 aliphatic rings. The minimum Gasteiger partial charge on any atom is -0.307 e. The molecule has 0 fully saturated rings. The third kappa shape index (κ3) is 516. The second-order valence-electron chi connectivity index (χ2n) is 0. The van der Waals surface area contributed by atoms with E-state index in [1.54, 1.807) is 0 Å². The molecule has 1 radical (unpaired) electrons. The van der Waals surface area contributed by atoms with Crippen LogP contribution >= 0.6 is 0 Å². The molecule has 0 atom stereocenters. The topological polar surface area (TPSA) is 171 Å². The monoisotopic (exact) mass is 355 g/mol. The third-order valence-electron chi connectivity index (χ3n) is 0. The van der Waals surface area contributed by atoms with Crippen LogP contribution in [0.15, 0.2) is 0 Å². The molecule has 0 amide bonds. The zero-order valence-electron chi connectivity index (χ0n) is 11.5. The van der Waals surface area contributed by atoms with Crippen molar-refractivity contribution in [3.63, 3.8) is 0 Å². The van der Waals surface area contributed by atoms with Gasteiger partial charge in [0.05, 0.1) is 0 Å². The van der Waals surface area contributed by atoms with Gasteiger partial charge in [-0.1, -0.05) is 0 Å². The van der Waals surface area contributed by atoms with Gasteiger partial charge in [0.2, 0.25) is 0 Å². The Labute approximate surface area is 133 Å². The zero-order valence-corrected chi connectivity index (χ0v) is 12.7. The Balaban J connectivity index is -0.00000000585. The first-order valence-corrected chi connectivity index (χ1v) is 2.89. The van der Waals surface area contributed by atoms with Gasteiger partial charge in [-0.2, -0.15) is 0 Å². The van der Waals surface area contributed by atoms with Crippen LogP contribution in [0.1, 0.15) is 0 Å². The average molecular weight is 355 g/mol. The Kier molecular flexibility index (Phi) is 2890. The minimum absolute atomic E-state index is 0. The van der Waals surface area contributed by atoms with Crippen LogP contribution in [0.3, 0.4) is 0 Å². The molecule has 0 unspecified atom stereocenters. The zero-order chi connectivity index (χ0) is 20.0. The summed E-state index contributed by atoms with van der Waals surface area (Å²) in [6, 6.07) is 0. The van der Waals surface area contributed by atoms with Crippen molar-refractivity contribution in [2.24, 2.45) is 0 Å². The molecule has 0 bridgehead atoms.